The van der Waals surface area contributed by atoms with Gasteiger partial charge in [0.05, 0.1) is 0 Å². The second kappa shape index (κ2) is 4.77. The van der Waals surface area contributed by atoms with E-state index in [2.05, 4.69) is 9.05 Å². The van der Waals surface area contributed by atoms with E-state index in [9.17, 15) is 19.3 Å². The van der Waals surface area contributed by atoms with Crippen LogP contribution in [-0.2, 0) is 9.13 Å². The topological polar surface area (TPSA) is 174 Å². The summed E-state index contributed by atoms with van der Waals surface area (Å²) in [6, 6.07) is 1.05. The number of phenolic OH excluding ortho intramolecular Hbond substituents is 2. The molecule has 0 aromatic heterocycles. The van der Waals surface area contributed by atoms with Crippen molar-refractivity contribution in [2.24, 2.45) is 0 Å². The number of hydrogen-bond acceptors (Lipinski definition) is 6. The van der Waals surface area contributed by atoms with E-state index >= 15 is 0 Å². The average molecular weight is 302 g/mol. The molecule has 1 aromatic rings. The van der Waals surface area contributed by atoms with E-state index in [0.717, 1.165) is 0 Å². The fraction of sp³-hybridized carbons (Fsp3) is 0. The van der Waals surface area contributed by atoms with Crippen molar-refractivity contribution < 1.29 is 48.0 Å². The van der Waals surface area contributed by atoms with Crippen LogP contribution in [0.2, 0.25) is 0 Å². The van der Waals surface area contributed by atoms with Gasteiger partial charge in [0, 0.05) is 12.1 Å². The van der Waals surface area contributed by atoms with Crippen LogP contribution in [0.25, 0.3) is 0 Å². The smallest absolute Gasteiger partial charge is 0.504 e. The van der Waals surface area contributed by atoms with Crippen molar-refractivity contribution in [1.82, 2.24) is 0 Å². The fourth-order valence-electron chi connectivity index (χ4n) is 0.941. The van der Waals surface area contributed by atoms with Gasteiger partial charge in [0.1, 0.15) is 0 Å². The third kappa shape index (κ3) is 4.53. The summed E-state index contributed by atoms with van der Waals surface area (Å²) in [4.78, 5) is 33.9. The lowest BCUT2D eigenvalue weighted by Crippen LogP contribution is -1.93. The van der Waals surface area contributed by atoms with E-state index in [0.29, 0.717) is 12.1 Å². The Hall–Kier alpha value is -1.28. The van der Waals surface area contributed by atoms with Crippen LogP contribution in [0, 0.1) is 0 Å². The molecule has 0 saturated carbocycles. The van der Waals surface area contributed by atoms with Crippen molar-refractivity contribution >= 4 is 15.6 Å². The Morgan fingerprint density at radius 3 is 1.28 bits per heavy atom. The van der Waals surface area contributed by atoms with Crippen LogP contribution in [0.4, 0.5) is 0 Å². The standard InChI is InChI=1S/C6H8O10P2/c7-3-1-5(15-17(9,10)11)4(8)2-6(3)16-18(12,13)14/h1-2,7-8H,(H2,9,10,11)(H2,12,13,14). The van der Waals surface area contributed by atoms with Crippen molar-refractivity contribution in [2.45, 2.75) is 0 Å². The second-order valence-corrected chi connectivity index (χ2v) is 5.28. The Bertz CT molecular complexity index is 492. The lowest BCUT2D eigenvalue weighted by molar-refractivity contribution is 0.269. The second-order valence-electron chi connectivity index (χ2n) is 2.95. The van der Waals surface area contributed by atoms with E-state index in [-0.39, 0.29) is 0 Å². The zero-order valence-corrected chi connectivity index (χ0v) is 10.2. The molecule has 0 amide bonds. The van der Waals surface area contributed by atoms with Gasteiger partial charge >= 0.3 is 15.6 Å². The Balaban J connectivity index is 3.12. The van der Waals surface area contributed by atoms with Gasteiger partial charge in [-0.25, -0.2) is 9.13 Å². The molecule has 10 nitrogen and oxygen atoms in total. The number of phosphoric ester groups is 2. The molecule has 18 heavy (non-hydrogen) atoms. The Kier molecular flexibility index (Phi) is 3.92. The molecule has 0 atom stereocenters. The summed E-state index contributed by atoms with van der Waals surface area (Å²) in [5, 5.41) is 18.5. The van der Waals surface area contributed by atoms with Gasteiger partial charge in [-0.05, 0) is 0 Å². The first-order chi connectivity index (χ1) is 7.98. The predicted octanol–water partition coefficient (Wildman–Crippen LogP) is 0.0408. The summed E-state index contributed by atoms with van der Waals surface area (Å²) in [7, 11) is -9.91. The molecule has 12 heteroatoms. The predicted molar refractivity (Wildman–Crippen MR) is 55.1 cm³/mol. The first-order valence-electron chi connectivity index (χ1n) is 4.04. The maximum Gasteiger partial charge on any atom is 0.524 e. The van der Waals surface area contributed by atoms with Crippen LogP contribution in [0.5, 0.6) is 23.0 Å². The number of benzene rings is 1. The highest BCUT2D eigenvalue weighted by Gasteiger charge is 2.23. The first-order valence-corrected chi connectivity index (χ1v) is 7.10. The molecule has 6 N–H and O–H groups in total. The molecule has 0 bridgehead atoms. The molecule has 102 valence electrons. The van der Waals surface area contributed by atoms with E-state index in [1.807, 2.05) is 0 Å². The first kappa shape index (κ1) is 14.8. The van der Waals surface area contributed by atoms with Gasteiger partial charge in [-0.15, -0.1) is 0 Å². The molecule has 1 aromatic carbocycles. The minimum Gasteiger partial charge on any atom is -0.504 e. The van der Waals surface area contributed by atoms with E-state index in [1.165, 1.54) is 0 Å². The molecule has 0 aliphatic rings. The third-order valence-corrected chi connectivity index (χ3v) is 2.34. The SMILES string of the molecule is O=P(O)(O)Oc1cc(O)c(OP(=O)(O)O)cc1O. The molecule has 0 saturated heterocycles. The summed E-state index contributed by atoms with van der Waals surface area (Å²) in [5.74, 6) is -3.34. The van der Waals surface area contributed by atoms with Crippen LogP contribution in [0.3, 0.4) is 0 Å². The lowest BCUT2D eigenvalue weighted by Gasteiger charge is -2.12. The van der Waals surface area contributed by atoms with Gasteiger partial charge in [0.2, 0.25) is 0 Å². The highest BCUT2D eigenvalue weighted by Crippen LogP contribution is 2.48. The van der Waals surface area contributed by atoms with Crippen LogP contribution in [0.1, 0.15) is 0 Å². The zero-order chi connectivity index (χ0) is 14.1. The molecular weight excluding hydrogens is 294 g/mol. The maximum atomic E-state index is 10.5. The van der Waals surface area contributed by atoms with Crippen molar-refractivity contribution in [3.8, 4) is 23.0 Å². The summed E-state index contributed by atoms with van der Waals surface area (Å²) >= 11 is 0. The highest BCUT2D eigenvalue weighted by molar-refractivity contribution is 7.47. The van der Waals surface area contributed by atoms with Gasteiger partial charge in [-0.3, -0.25) is 19.6 Å². The number of phenols is 2. The molecule has 0 aliphatic heterocycles. The fourth-order valence-corrected chi connectivity index (χ4v) is 1.75. The summed E-state index contributed by atoms with van der Waals surface area (Å²) < 4.78 is 29.0. The summed E-state index contributed by atoms with van der Waals surface area (Å²) in [6.45, 7) is 0. The maximum absolute atomic E-state index is 10.5. The van der Waals surface area contributed by atoms with Gasteiger partial charge in [-0.1, -0.05) is 0 Å². The minimum atomic E-state index is -4.96. The molecule has 0 radical (unpaired) electrons. The number of aromatic hydroxyl groups is 2. The molecule has 0 aliphatic carbocycles. The van der Waals surface area contributed by atoms with Gasteiger partial charge < -0.3 is 19.3 Å². The van der Waals surface area contributed by atoms with Crippen molar-refractivity contribution in [3.05, 3.63) is 12.1 Å². The van der Waals surface area contributed by atoms with E-state index in [4.69, 9.17) is 19.6 Å². The summed E-state index contributed by atoms with van der Waals surface area (Å²) in [5.41, 5.74) is 0. The van der Waals surface area contributed by atoms with Crippen LogP contribution >= 0.6 is 15.6 Å². The minimum absolute atomic E-state index is 0.527. The molecule has 0 spiro atoms. The summed E-state index contributed by atoms with van der Waals surface area (Å²) in [6.07, 6.45) is 0. The highest BCUT2D eigenvalue weighted by atomic mass is 31.2. The van der Waals surface area contributed by atoms with Crippen molar-refractivity contribution in [1.29, 1.82) is 0 Å². The number of hydrogen-bond donors (Lipinski definition) is 6. The van der Waals surface area contributed by atoms with Crippen LogP contribution in [-0.4, -0.2) is 29.8 Å². The van der Waals surface area contributed by atoms with Crippen molar-refractivity contribution in [2.75, 3.05) is 0 Å². The molecule has 0 heterocycles. The van der Waals surface area contributed by atoms with Gasteiger partial charge in [0.25, 0.3) is 0 Å². The molecule has 1 rings (SSSR count). The quantitative estimate of drug-likeness (QED) is 0.329. The van der Waals surface area contributed by atoms with Crippen molar-refractivity contribution in [3.63, 3.8) is 0 Å². The van der Waals surface area contributed by atoms with Crippen LogP contribution < -0.4 is 9.05 Å². The Morgan fingerprint density at radius 2 is 1.06 bits per heavy atom. The average Bonchev–Trinajstić information content (AvgIpc) is 2.08. The number of rotatable bonds is 4. The van der Waals surface area contributed by atoms with Crippen LogP contribution in [0.15, 0.2) is 12.1 Å². The Labute approximate surface area is 99.5 Å². The largest absolute Gasteiger partial charge is 0.524 e. The Morgan fingerprint density at radius 1 is 0.778 bits per heavy atom. The van der Waals surface area contributed by atoms with E-state index < -0.39 is 38.6 Å². The monoisotopic (exact) mass is 302 g/mol. The molecular formula is C6H8O10P2. The molecule has 0 fully saturated rings. The van der Waals surface area contributed by atoms with E-state index in [1.54, 1.807) is 0 Å². The molecule has 0 unspecified atom stereocenters. The zero-order valence-electron chi connectivity index (χ0n) is 8.37. The van der Waals surface area contributed by atoms with Gasteiger partial charge in [-0.2, -0.15) is 0 Å². The van der Waals surface area contributed by atoms with Gasteiger partial charge in [0.15, 0.2) is 23.0 Å². The third-order valence-electron chi connectivity index (χ3n) is 1.48. The normalized spacial score (nSPS) is 12.2. The number of phosphoric acid groups is 2. The lowest BCUT2D eigenvalue weighted by atomic mass is 10.3.